The number of hydroxylamine groups is 3. The van der Waals surface area contributed by atoms with Gasteiger partial charge in [0.2, 0.25) is 0 Å². The van der Waals surface area contributed by atoms with Crippen LogP contribution in [0.1, 0.15) is 17.5 Å². The number of phenols is 1. The number of benzene rings is 1. The highest BCUT2D eigenvalue weighted by Crippen LogP contribution is 2.63. The molecule has 0 saturated carbocycles. The van der Waals surface area contributed by atoms with Crippen molar-refractivity contribution >= 4 is 23.9 Å². The molecule has 7 unspecified atom stereocenters. The zero-order valence-corrected chi connectivity index (χ0v) is 21.9. The molecule has 17 heteroatoms. The quantitative estimate of drug-likeness (QED) is 0.0880. The van der Waals surface area contributed by atoms with Crippen LogP contribution in [0, 0.1) is 11.1 Å². The summed E-state index contributed by atoms with van der Waals surface area (Å²) in [5.74, 6) is -6.35. The second-order valence-electron chi connectivity index (χ2n) is 10.5. The average Bonchev–Trinajstić information content (AvgIpc) is 3.28. The predicted molar refractivity (Wildman–Crippen MR) is 134 cm³/mol. The molecular formula is C25H31NO16. The average molecular weight is 602 g/mol. The van der Waals surface area contributed by atoms with Gasteiger partial charge in [-0.2, -0.15) is 0 Å². The van der Waals surface area contributed by atoms with Crippen molar-refractivity contribution in [2.75, 3.05) is 13.6 Å². The lowest BCUT2D eigenvalue weighted by atomic mass is 9.53. The van der Waals surface area contributed by atoms with Gasteiger partial charge in [0.25, 0.3) is 0 Å². The molecule has 0 amide bonds. The number of nitrogens with zero attached hydrogens (tertiary/aromatic N) is 1. The van der Waals surface area contributed by atoms with E-state index in [2.05, 4.69) is 0 Å². The van der Waals surface area contributed by atoms with E-state index >= 15 is 0 Å². The lowest BCUT2D eigenvalue weighted by Crippen LogP contribution is -2.69. The first-order valence-electron chi connectivity index (χ1n) is 12.5. The molecule has 2 heterocycles. The van der Waals surface area contributed by atoms with Crippen LogP contribution in [-0.2, 0) is 31.0 Å². The minimum Gasteiger partial charge on any atom is -0.633 e. The summed E-state index contributed by atoms with van der Waals surface area (Å²) in [5.41, 5.74) is 1.78. The normalized spacial score (nSPS) is 32.2. The topological polar surface area (TPSA) is 303 Å². The zero-order chi connectivity index (χ0) is 31.9. The van der Waals surface area contributed by atoms with Gasteiger partial charge in [0.15, 0.2) is 35.9 Å². The van der Waals surface area contributed by atoms with Gasteiger partial charge < -0.3 is 65.7 Å². The second-order valence-corrected chi connectivity index (χ2v) is 10.5. The maximum Gasteiger partial charge on any atom is 0.335 e. The van der Waals surface area contributed by atoms with Crippen LogP contribution in [0.4, 0.5) is 0 Å². The second kappa shape index (κ2) is 11.8. The van der Waals surface area contributed by atoms with Gasteiger partial charge in [-0.3, -0.25) is 0 Å². The summed E-state index contributed by atoms with van der Waals surface area (Å²) < 4.78 is 5.79. The maximum atomic E-state index is 12.9. The molecular weight excluding hydrogens is 570 g/mol. The molecule has 2 aliphatic heterocycles. The number of hydrogen-bond acceptors (Lipinski definition) is 12. The molecule has 10 N–H and O–H groups in total. The maximum absolute atomic E-state index is 12.9. The number of aromatic hydroxyl groups is 1. The number of quaternary nitrogens is 1. The standard InChI is InChI=1S/C17H19NO4.2C4H6O6/c1-18(21)7-6-17-10-3-5-13(20)16(17)22-15-12(19)4-2-9(14(15)17)8-11(10)18;2*5-1(3(7)8)2(6)4(9)10/h2-5,10-11,13,16,19-20H,6-8H2,1H3;2*1-2,5-6H,(H,7,8)(H,9,10)/t10-,11+,13?,16?,17-,18?;;/m0../s1. The molecule has 232 valence electrons. The molecule has 2 bridgehead atoms. The van der Waals surface area contributed by atoms with Gasteiger partial charge in [-0.25, -0.2) is 19.2 Å². The molecule has 0 radical (unpaired) electrons. The van der Waals surface area contributed by atoms with E-state index in [-0.39, 0.29) is 27.8 Å². The van der Waals surface area contributed by atoms with Crippen LogP contribution in [0.15, 0.2) is 24.3 Å². The molecule has 1 spiro atoms. The minimum atomic E-state index is -2.27. The fourth-order valence-electron chi connectivity index (χ4n) is 5.93. The summed E-state index contributed by atoms with van der Waals surface area (Å²) in [6.07, 6.45) is -4.99. The molecule has 0 aromatic heterocycles. The Kier molecular flexibility index (Phi) is 9.18. The molecule has 1 aromatic rings. The summed E-state index contributed by atoms with van der Waals surface area (Å²) in [5, 5.41) is 98.6. The van der Waals surface area contributed by atoms with Crippen molar-refractivity contribution in [3.05, 3.63) is 40.6 Å². The third kappa shape index (κ3) is 5.62. The molecule has 10 atom stereocenters. The van der Waals surface area contributed by atoms with Crippen LogP contribution in [0.5, 0.6) is 11.5 Å². The number of likely N-dealkylation sites (N-methyl/N-ethyl adjacent to an activating group) is 1. The summed E-state index contributed by atoms with van der Waals surface area (Å²) in [6, 6.07) is 3.51. The Hall–Kier alpha value is -3.84. The zero-order valence-electron chi connectivity index (χ0n) is 21.9. The van der Waals surface area contributed by atoms with Crippen molar-refractivity contribution in [2.24, 2.45) is 5.92 Å². The first-order valence-corrected chi connectivity index (χ1v) is 12.5. The van der Waals surface area contributed by atoms with Crippen molar-refractivity contribution in [3.63, 3.8) is 0 Å². The van der Waals surface area contributed by atoms with E-state index in [4.69, 9.17) is 45.6 Å². The fraction of sp³-hybridized carbons (Fsp3) is 0.520. The van der Waals surface area contributed by atoms with E-state index in [1.54, 1.807) is 19.2 Å². The van der Waals surface area contributed by atoms with E-state index in [0.29, 0.717) is 25.1 Å². The Morgan fingerprint density at radius 3 is 1.83 bits per heavy atom. The van der Waals surface area contributed by atoms with Gasteiger partial charge in [0.05, 0.1) is 25.0 Å². The Morgan fingerprint density at radius 2 is 1.38 bits per heavy atom. The highest BCUT2D eigenvalue weighted by atomic mass is 16.5. The number of phenolic OH excluding ortho intramolecular Hbond substituents is 1. The number of hydrogen-bond donors (Lipinski definition) is 10. The number of aliphatic hydroxyl groups is 5. The molecule has 4 aliphatic rings. The Morgan fingerprint density at radius 1 is 0.905 bits per heavy atom. The smallest absolute Gasteiger partial charge is 0.335 e. The number of likely N-dealkylation sites (tertiary alicyclic amines) is 1. The highest BCUT2D eigenvalue weighted by molar-refractivity contribution is 5.83. The number of carboxylic acid groups (broad SMARTS) is 4. The molecule has 1 saturated heterocycles. The van der Waals surface area contributed by atoms with Crippen molar-refractivity contribution in [3.8, 4) is 11.5 Å². The minimum absolute atomic E-state index is 0.0495. The monoisotopic (exact) mass is 601 g/mol. The lowest BCUT2D eigenvalue weighted by Gasteiger charge is -2.61. The van der Waals surface area contributed by atoms with Crippen LogP contribution >= 0.6 is 0 Å². The lowest BCUT2D eigenvalue weighted by molar-refractivity contribution is -0.898. The van der Waals surface area contributed by atoms with Crippen molar-refractivity contribution < 1.29 is 79.6 Å². The van der Waals surface area contributed by atoms with E-state index < -0.39 is 60.5 Å². The van der Waals surface area contributed by atoms with Crippen molar-refractivity contribution in [2.45, 2.75) is 60.9 Å². The van der Waals surface area contributed by atoms with Crippen molar-refractivity contribution in [1.29, 1.82) is 0 Å². The summed E-state index contributed by atoms with van der Waals surface area (Å²) in [6.45, 7) is 0.524. The summed E-state index contributed by atoms with van der Waals surface area (Å²) in [4.78, 5) is 39.1. The van der Waals surface area contributed by atoms with Gasteiger partial charge >= 0.3 is 23.9 Å². The molecule has 1 fully saturated rings. The van der Waals surface area contributed by atoms with Gasteiger partial charge in [0.1, 0.15) is 12.2 Å². The SMILES string of the molecule is C[N+]1([O-])CC[C@]23c4c5ccc(O)c4OC2C(O)C=C[C@H]3[C@H]1C5.O=C(O)C(O)C(O)C(=O)O.O=C(O)C(O)C(O)C(=O)O. The number of carbonyl (C=O) groups is 4. The molecule has 42 heavy (non-hydrogen) atoms. The molecule has 1 aromatic carbocycles. The highest BCUT2D eigenvalue weighted by Gasteiger charge is 2.66. The van der Waals surface area contributed by atoms with E-state index in [9.17, 15) is 34.6 Å². The third-order valence-electron chi connectivity index (χ3n) is 7.99. The van der Waals surface area contributed by atoms with Gasteiger partial charge in [-0.15, -0.1) is 0 Å². The van der Waals surface area contributed by atoms with Crippen LogP contribution in [-0.4, -0.2) is 136 Å². The van der Waals surface area contributed by atoms with Crippen LogP contribution in [0.25, 0.3) is 0 Å². The third-order valence-corrected chi connectivity index (χ3v) is 7.99. The number of aliphatic hydroxyl groups excluding tert-OH is 5. The fourth-order valence-corrected chi connectivity index (χ4v) is 5.93. The Bertz CT molecular complexity index is 1210. The molecule has 5 rings (SSSR count). The van der Waals surface area contributed by atoms with Crippen molar-refractivity contribution in [1.82, 2.24) is 0 Å². The Balaban J connectivity index is 0.000000205. The van der Waals surface area contributed by atoms with Gasteiger partial charge in [-0.1, -0.05) is 18.2 Å². The Labute approximate surface area is 236 Å². The molecule has 2 aliphatic carbocycles. The number of ether oxygens (including phenoxy) is 1. The summed E-state index contributed by atoms with van der Waals surface area (Å²) in [7, 11) is 1.76. The first kappa shape index (κ1) is 32.7. The molecule has 17 nitrogen and oxygen atoms in total. The predicted octanol–water partition coefficient (Wildman–Crippen LogP) is -3.03. The number of rotatable bonds is 6. The number of aliphatic carboxylic acids is 4. The summed E-state index contributed by atoms with van der Waals surface area (Å²) >= 11 is 0. The first-order chi connectivity index (χ1) is 19.4. The number of piperidine rings is 1. The van der Waals surface area contributed by atoms with Gasteiger partial charge in [0, 0.05) is 24.3 Å². The van der Waals surface area contributed by atoms with E-state index in [1.807, 2.05) is 12.1 Å². The van der Waals surface area contributed by atoms with Crippen LogP contribution in [0.3, 0.4) is 0 Å². The van der Waals surface area contributed by atoms with Crippen LogP contribution < -0.4 is 4.74 Å². The van der Waals surface area contributed by atoms with Gasteiger partial charge in [-0.05, 0) is 11.6 Å². The largest absolute Gasteiger partial charge is 0.633 e. The van der Waals surface area contributed by atoms with E-state index in [0.717, 1.165) is 11.1 Å². The van der Waals surface area contributed by atoms with E-state index in [1.165, 1.54) is 0 Å². The number of carboxylic acids is 4. The van der Waals surface area contributed by atoms with Crippen LogP contribution in [0.2, 0.25) is 0 Å².